The Morgan fingerprint density at radius 3 is 2.42 bits per heavy atom. The summed E-state index contributed by atoms with van der Waals surface area (Å²) in [6.07, 6.45) is 0. The Labute approximate surface area is 97.6 Å². The molecule has 0 aliphatic heterocycles. The molecule has 7 heteroatoms. The number of nitro groups is 1. The summed E-state index contributed by atoms with van der Waals surface area (Å²) in [6.45, 7) is -0.126. The number of hydrogen-bond acceptors (Lipinski definition) is 4. The average molecular weight is 197 g/mol. The first-order valence-electron chi connectivity index (χ1n) is 2.58. The van der Waals surface area contributed by atoms with Crippen molar-refractivity contribution in [1.82, 2.24) is 0 Å². The fraction of sp³-hybridized carbons (Fsp3) is 0.200. The first-order valence-corrected chi connectivity index (χ1v) is 3.39. The molecule has 0 aliphatic carbocycles. The van der Waals surface area contributed by atoms with E-state index in [1.807, 2.05) is 0 Å². The van der Waals surface area contributed by atoms with Crippen molar-refractivity contribution in [2.24, 2.45) is 0 Å². The van der Waals surface area contributed by atoms with Gasteiger partial charge in [0.25, 0.3) is 0 Å². The molecule has 0 aliphatic rings. The molecule has 0 bridgehead atoms. The van der Waals surface area contributed by atoms with Crippen LogP contribution in [-0.2, 0) is 6.61 Å². The number of thiophene rings is 1. The molecule has 0 aromatic carbocycles. The molecule has 1 aromatic rings. The van der Waals surface area contributed by atoms with Crippen LogP contribution in [0.25, 0.3) is 0 Å². The van der Waals surface area contributed by atoms with E-state index in [0.717, 1.165) is 11.3 Å². The van der Waals surface area contributed by atoms with Gasteiger partial charge in [0.05, 0.1) is 11.5 Å². The van der Waals surface area contributed by atoms with Crippen LogP contribution >= 0.6 is 11.3 Å². The van der Waals surface area contributed by atoms with Crippen molar-refractivity contribution in [2.45, 2.75) is 6.61 Å². The van der Waals surface area contributed by atoms with Crippen molar-refractivity contribution in [3.8, 4) is 0 Å². The van der Waals surface area contributed by atoms with Crippen molar-refractivity contribution < 1.29 is 39.6 Å². The van der Waals surface area contributed by atoms with E-state index in [-0.39, 0.29) is 49.6 Å². The third kappa shape index (κ3) is 3.69. The van der Waals surface area contributed by atoms with Crippen molar-refractivity contribution >= 4 is 24.8 Å². The number of nitrogens with zero attached hydrogens (tertiary/aromatic N) is 1. The summed E-state index contributed by atoms with van der Waals surface area (Å²) in [4.78, 5) is 10.2. The van der Waals surface area contributed by atoms with Gasteiger partial charge in [0.1, 0.15) is 0 Å². The van der Waals surface area contributed by atoms with Gasteiger partial charge in [-0.05, 0) is 6.07 Å². The monoisotopic (exact) mass is 197 g/mol. The van der Waals surface area contributed by atoms with Crippen molar-refractivity contribution in [3.05, 3.63) is 27.1 Å². The van der Waals surface area contributed by atoms with Gasteiger partial charge in [0.2, 0.25) is 0 Å². The third-order valence-electron chi connectivity index (χ3n) is 0.983. The van der Waals surface area contributed by atoms with Gasteiger partial charge in [0, 0.05) is 10.9 Å². The minimum Gasteiger partial charge on any atom is -0.391 e. The average Bonchev–Trinajstić information content (AvgIpc) is 2.34. The van der Waals surface area contributed by atoms with Gasteiger partial charge < -0.3 is 5.11 Å². The molecule has 62 valence electrons. The van der Waals surface area contributed by atoms with Crippen molar-refractivity contribution in [3.63, 3.8) is 0 Å². The SMILES string of the molecule is O=[N+]([O-])c1ccc(CO)s1.[BH4-].[Na+]. The van der Waals surface area contributed by atoms with Gasteiger partial charge in [-0.2, -0.15) is 0 Å². The molecule has 0 fully saturated rings. The molecule has 1 heterocycles. The fourth-order valence-electron chi connectivity index (χ4n) is 0.550. The molecule has 0 radical (unpaired) electrons. The van der Waals surface area contributed by atoms with Gasteiger partial charge >= 0.3 is 34.6 Å². The smallest absolute Gasteiger partial charge is 0.391 e. The molecular weight excluding hydrogens is 188 g/mol. The Hall–Kier alpha value is 0.125. The Kier molecular flexibility index (Phi) is 8.08. The van der Waals surface area contributed by atoms with Gasteiger partial charge in [0.15, 0.2) is 0 Å². The van der Waals surface area contributed by atoms with Gasteiger partial charge in [-0.3, -0.25) is 10.1 Å². The number of rotatable bonds is 2. The quantitative estimate of drug-likeness (QED) is 0.307. The van der Waals surface area contributed by atoms with Crippen LogP contribution in [0, 0.1) is 10.1 Å². The predicted octanol–water partition coefficient (Wildman–Crippen LogP) is -3.30. The van der Waals surface area contributed by atoms with Crippen LogP contribution in [0.15, 0.2) is 12.1 Å². The van der Waals surface area contributed by atoms with Crippen LogP contribution in [0.3, 0.4) is 0 Å². The second-order valence-corrected chi connectivity index (χ2v) is 2.80. The van der Waals surface area contributed by atoms with E-state index in [1.165, 1.54) is 6.07 Å². The van der Waals surface area contributed by atoms with Crippen LogP contribution in [0.4, 0.5) is 5.00 Å². The Morgan fingerprint density at radius 2 is 2.17 bits per heavy atom. The zero-order chi connectivity index (χ0) is 7.56. The first-order chi connectivity index (χ1) is 4.74. The van der Waals surface area contributed by atoms with Crippen LogP contribution in [0.5, 0.6) is 0 Å². The van der Waals surface area contributed by atoms with Crippen LogP contribution in [0.2, 0.25) is 0 Å². The van der Waals surface area contributed by atoms with E-state index >= 15 is 0 Å². The molecule has 4 nitrogen and oxygen atoms in total. The number of aliphatic hydroxyl groups is 1. The predicted molar refractivity (Wildman–Crippen MR) is 48.2 cm³/mol. The van der Waals surface area contributed by atoms with Crippen LogP contribution in [-0.4, -0.2) is 18.4 Å². The maximum absolute atomic E-state index is 10.1. The second kappa shape index (κ2) is 6.62. The van der Waals surface area contributed by atoms with E-state index in [0.29, 0.717) is 4.88 Å². The fourth-order valence-corrected chi connectivity index (χ4v) is 1.23. The summed E-state index contributed by atoms with van der Waals surface area (Å²) in [6, 6.07) is 2.93. The number of hydrogen-bond donors (Lipinski definition) is 1. The molecule has 1 rings (SSSR count). The molecule has 12 heavy (non-hydrogen) atoms. The maximum Gasteiger partial charge on any atom is 1.00 e. The summed E-state index contributed by atoms with van der Waals surface area (Å²) in [7, 11) is 0. The molecule has 1 N–H and O–H groups in total. The molecular formula is C5H9BNNaO3S. The summed E-state index contributed by atoms with van der Waals surface area (Å²) in [5.74, 6) is 0. The minimum atomic E-state index is -0.468. The molecule has 0 saturated heterocycles. The van der Waals surface area contributed by atoms with Gasteiger partial charge in [-0.15, -0.1) is 0 Å². The molecule has 0 amide bonds. The second-order valence-electron chi connectivity index (χ2n) is 1.66. The van der Waals surface area contributed by atoms with Crippen molar-refractivity contribution in [1.29, 1.82) is 0 Å². The van der Waals surface area contributed by atoms with E-state index in [9.17, 15) is 10.1 Å². The Balaban J connectivity index is 0. The summed E-state index contributed by atoms with van der Waals surface area (Å²) in [5, 5.41) is 18.7. The summed E-state index contributed by atoms with van der Waals surface area (Å²) >= 11 is 0.992. The minimum absolute atomic E-state index is 0. The normalized spacial score (nSPS) is 8.08. The molecule has 0 saturated carbocycles. The topological polar surface area (TPSA) is 63.4 Å². The van der Waals surface area contributed by atoms with E-state index in [1.54, 1.807) is 6.07 Å². The zero-order valence-electron chi connectivity index (χ0n) is 5.98. The Morgan fingerprint density at radius 1 is 1.58 bits per heavy atom. The van der Waals surface area contributed by atoms with Gasteiger partial charge in [-0.1, -0.05) is 19.7 Å². The standard InChI is InChI=1S/C5H5NO3S.BH4.Na/c7-3-4-1-2-5(10-4)6(8)9;;/h1-2,7H,3H2;1H4;/q;-1;+1. The molecule has 0 spiro atoms. The van der Waals surface area contributed by atoms with Gasteiger partial charge in [-0.25, -0.2) is 0 Å². The van der Waals surface area contributed by atoms with Crippen LogP contribution in [0.1, 0.15) is 4.88 Å². The molecule has 1 aromatic heterocycles. The Bertz CT molecular complexity index is 255. The molecule has 0 unspecified atom stereocenters. The van der Waals surface area contributed by atoms with E-state index < -0.39 is 4.92 Å². The molecule has 0 atom stereocenters. The number of aliphatic hydroxyl groups excluding tert-OH is 1. The summed E-state index contributed by atoms with van der Waals surface area (Å²) in [5.41, 5.74) is 0. The van der Waals surface area contributed by atoms with E-state index in [2.05, 4.69) is 0 Å². The first kappa shape index (κ1) is 14.6. The largest absolute Gasteiger partial charge is 1.00 e. The van der Waals surface area contributed by atoms with Crippen LogP contribution < -0.4 is 29.6 Å². The van der Waals surface area contributed by atoms with Crippen molar-refractivity contribution in [2.75, 3.05) is 0 Å². The van der Waals surface area contributed by atoms with E-state index in [4.69, 9.17) is 5.11 Å². The zero-order valence-corrected chi connectivity index (χ0v) is 8.80. The summed E-state index contributed by atoms with van der Waals surface area (Å²) < 4.78 is 0. The third-order valence-corrected chi connectivity index (χ3v) is 2.00. The maximum atomic E-state index is 10.1.